The number of halogens is 1. The molecule has 0 aliphatic heterocycles. The quantitative estimate of drug-likeness (QED) is 0.855. The number of aromatic hydroxyl groups is 1. The summed E-state index contributed by atoms with van der Waals surface area (Å²) < 4.78 is 1.12. The molecule has 2 rings (SSSR count). The van der Waals surface area contributed by atoms with Gasteiger partial charge in [0.25, 0.3) is 0 Å². The zero-order valence-electron chi connectivity index (χ0n) is 12.1. The maximum Gasteiger partial charge on any atom is 0.121 e. The van der Waals surface area contributed by atoms with E-state index < -0.39 is 0 Å². The third-order valence-corrected chi connectivity index (χ3v) is 4.26. The van der Waals surface area contributed by atoms with Crippen LogP contribution in [0.15, 0.2) is 40.9 Å². The van der Waals surface area contributed by atoms with Crippen LogP contribution < -0.4 is 5.32 Å². The van der Waals surface area contributed by atoms with Gasteiger partial charge >= 0.3 is 0 Å². The molecular weight excluding hydrogens is 314 g/mol. The van der Waals surface area contributed by atoms with Crippen molar-refractivity contribution >= 4 is 15.9 Å². The molecule has 106 valence electrons. The van der Waals surface area contributed by atoms with E-state index in [4.69, 9.17) is 0 Å². The van der Waals surface area contributed by atoms with Gasteiger partial charge in [-0.1, -0.05) is 46.3 Å². The fourth-order valence-corrected chi connectivity index (χ4v) is 2.98. The van der Waals surface area contributed by atoms with Gasteiger partial charge in [0.15, 0.2) is 0 Å². The fraction of sp³-hybridized carbons (Fsp3) is 0.294. The lowest BCUT2D eigenvalue weighted by atomic mass is 10.0. The second-order valence-corrected chi connectivity index (χ2v) is 6.06. The number of benzene rings is 2. The summed E-state index contributed by atoms with van der Waals surface area (Å²) in [5.41, 5.74) is 4.29. The van der Waals surface area contributed by atoms with Gasteiger partial charge in [-0.2, -0.15) is 0 Å². The summed E-state index contributed by atoms with van der Waals surface area (Å²) in [7, 11) is 0. The van der Waals surface area contributed by atoms with Gasteiger partial charge in [-0.05, 0) is 49.1 Å². The molecule has 0 heterocycles. The molecule has 0 aliphatic carbocycles. The SMILES string of the molecule is Cc1cc(CNC(C)c2ccccc2Br)cc(C)c1O. The van der Waals surface area contributed by atoms with Crippen LogP contribution in [0.3, 0.4) is 0 Å². The molecule has 2 aromatic carbocycles. The van der Waals surface area contributed by atoms with Gasteiger partial charge in [0.05, 0.1) is 0 Å². The highest BCUT2D eigenvalue weighted by molar-refractivity contribution is 9.10. The molecule has 3 heteroatoms. The summed E-state index contributed by atoms with van der Waals surface area (Å²) in [6.45, 7) is 6.80. The van der Waals surface area contributed by atoms with E-state index in [0.717, 1.165) is 22.1 Å². The molecule has 1 atom stereocenters. The first-order valence-electron chi connectivity index (χ1n) is 6.76. The van der Waals surface area contributed by atoms with E-state index in [9.17, 15) is 5.11 Å². The van der Waals surface area contributed by atoms with Crippen molar-refractivity contribution in [1.29, 1.82) is 0 Å². The van der Waals surface area contributed by atoms with Gasteiger partial charge in [-0.15, -0.1) is 0 Å². The van der Waals surface area contributed by atoms with Crippen LogP contribution in [-0.2, 0) is 6.54 Å². The van der Waals surface area contributed by atoms with Crippen LogP contribution in [-0.4, -0.2) is 5.11 Å². The van der Waals surface area contributed by atoms with Gasteiger partial charge in [0, 0.05) is 17.1 Å². The number of hydrogen-bond donors (Lipinski definition) is 2. The largest absolute Gasteiger partial charge is 0.507 e. The Morgan fingerprint density at radius 1 is 1.15 bits per heavy atom. The van der Waals surface area contributed by atoms with Crippen molar-refractivity contribution in [3.8, 4) is 5.75 Å². The molecule has 0 aliphatic rings. The Bertz CT molecular complexity index is 587. The third-order valence-electron chi connectivity index (χ3n) is 3.53. The van der Waals surface area contributed by atoms with E-state index in [2.05, 4.69) is 40.3 Å². The highest BCUT2D eigenvalue weighted by Crippen LogP contribution is 2.25. The summed E-state index contributed by atoms with van der Waals surface area (Å²) in [5, 5.41) is 13.3. The standard InChI is InChI=1S/C17H20BrNO/c1-11-8-14(9-12(2)17(11)20)10-19-13(3)15-6-4-5-7-16(15)18/h4-9,13,19-20H,10H2,1-3H3. The van der Waals surface area contributed by atoms with E-state index in [1.54, 1.807) is 0 Å². The van der Waals surface area contributed by atoms with Crippen molar-refractivity contribution in [2.75, 3.05) is 0 Å². The zero-order valence-corrected chi connectivity index (χ0v) is 13.7. The van der Waals surface area contributed by atoms with Crippen LogP contribution in [0.1, 0.15) is 35.2 Å². The molecule has 2 aromatic rings. The average molecular weight is 334 g/mol. The van der Waals surface area contributed by atoms with Gasteiger partial charge < -0.3 is 10.4 Å². The van der Waals surface area contributed by atoms with Crippen LogP contribution in [0.4, 0.5) is 0 Å². The Kier molecular flexibility index (Phi) is 4.84. The van der Waals surface area contributed by atoms with Crippen molar-refractivity contribution in [3.63, 3.8) is 0 Å². The number of hydrogen-bond acceptors (Lipinski definition) is 2. The highest BCUT2D eigenvalue weighted by atomic mass is 79.9. The predicted molar refractivity (Wildman–Crippen MR) is 87.0 cm³/mol. The van der Waals surface area contributed by atoms with E-state index in [1.807, 2.05) is 38.1 Å². The van der Waals surface area contributed by atoms with Gasteiger partial charge in [0.1, 0.15) is 5.75 Å². The smallest absolute Gasteiger partial charge is 0.121 e. The molecule has 0 fully saturated rings. The number of aryl methyl sites for hydroxylation is 2. The second-order valence-electron chi connectivity index (χ2n) is 5.20. The molecular formula is C17H20BrNO. The Balaban J connectivity index is 2.07. The summed E-state index contributed by atoms with van der Waals surface area (Å²) in [6.07, 6.45) is 0. The maximum atomic E-state index is 9.80. The molecule has 0 saturated heterocycles. The number of phenolic OH excluding ortho intramolecular Hbond substituents is 1. The molecule has 0 spiro atoms. The average Bonchev–Trinajstić information content (AvgIpc) is 2.42. The van der Waals surface area contributed by atoms with Crippen LogP contribution >= 0.6 is 15.9 Å². The molecule has 0 amide bonds. The van der Waals surface area contributed by atoms with E-state index in [0.29, 0.717) is 5.75 Å². The Hall–Kier alpha value is -1.32. The van der Waals surface area contributed by atoms with E-state index in [-0.39, 0.29) is 6.04 Å². The monoisotopic (exact) mass is 333 g/mol. The van der Waals surface area contributed by atoms with Gasteiger partial charge in [-0.3, -0.25) is 0 Å². The summed E-state index contributed by atoms with van der Waals surface area (Å²) in [6, 6.07) is 12.6. The lowest BCUT2D eigenvalue weighted by molar-refractivity contribution is 0.466. The Morgan fingerprint density at radius 3 is 2.35 bits per heavy atom. The van der Waals surface area contributed by atoms with Crippen LogP contribution in [0.2, 0.25) is 0 Å². The van der Waals surface area contributed by atoms with Crippen molar-refractivity contribution in [2.24, 2.45) is 0 Å². The van der Waals surface area contributed by atoms with Crippen molar-refractivity contribution in [2.45, 2.75) is 33.4 Å². The van der Waals surface area contributed by atoms with E-state index >= 15 is 0 Å². The fourth-order valence-electron chi connectivity index (χ4n) is 2.35. The molecule has 1 unspecified atom stereocenters. The maximum absolute atomic E-state index is 9.80. The third kappa shape index (κ3) is 3.41. The molecule has 2 nitrogen and oxygen atoms in total. The molecule has 0 bridgehead atoms. The molecule has 20 heavy (non-hydrogen) atoms. The molecule has 2 N–H and O–H groups in total. The lowest BCUT2D eigenvalue weighted by Crippen LogP contribution is -2.18. The summed E-state index contributed by atoms with van der Waals surface area (Å²) in [5.74, 6) is 0.396. The van der Waals surface area contributed by atoms with Crippen LogP contribution in [0.25, 0.3) is 0 Å². The molecule has 0 radical (unpaired) electrons. The Labute approximate surface area is 129 Å². The van der Waals surface area contributed by atoms with Crippen LogP contribution in [0, 0.1) is 13.8 Å². The zero-order chi connectivity index (χ0) is 14.7. The minimum atomic E-state index is 0.264. The molecule has 0 saturated carbocycles. The minimum Gasteiger partial charge on any atom is -0.507 e. The Morgan fingerprint density at radius 2 is 1.75 bits per heavy atom. The number of rotatable bonds is 4. The second kappa shape index (κ2) is 6.42. The van der Waals surface area contributed by atoms with E-state index in [1.165, 1.54) is 11.1 Å². The van der Waals surface area contributed by atoms with Gasteiger partial charge in [-0.25, -0.2) is 0 Å². The molecule has 0 aromatic heterocycles. The van der Waals surface area contributed by atoms with Crippen molar-refractivity contribution < 1.29 is 5.11 Å². The number of phenols is 1. The van der Waals surface area contributed by atoms with Gasteiger partial charge in [0.2, 0.25) is 0 Å². The minimum absolute atomic E-state index is 0.264. The van der Waals surface area contributed by atoms with Crippen molar-refractivity contribution in [1.82, 2.24) is 5.32 Å². The van der Waals surface area contributed by atoms with Crippen molar-refractivity contribution in [3.05, 3.63) is 63.1 Å². The van der Waals surface area contributed by atoms with Crippen LogP contribution in [0.5, 0.6) is 5.75 Å². The summed E-state index contributed by atoms with van der Waals surface area (Å²) in [4.78, 5) is 0. The highest BCUT2D eigenvalue weighted by Gasteiger charge is 2.09. The first kappa shape index (κ1) is 15.1. The first-order chi connectivity index (χ1) is 9.49. The first-order valence-corrected chi connectivity index (χ1v) is 7.55. The topological polar surface area (TPSA) is 32.3 Å². The normalized spacial score (nSPS) is 12.4. The lowest BCUT2D eigenvalue weighted by Gasteiger charge is -2.16. The number of nitrogens with one attached hydrogen (secondary N) is 1. The predicted octanol–water partition coefficient (Wildman–Crippen LogP) is 4.62. The summed E-state index contributed by atoms with van der Waals surface area (Å²) >= 11 is 3.58.